The second-order valence-electron chi connectivity index (χ2n) is 6.70. The molecule has 0 unspecified atom stereocenters. The van der Waals surface area contributed by atoms with Crippen molar-refractivity contribution in [3.8, 4) is 0 Å². The van der Waals surface area contributed by atoms with E-state index < -0.39 is 0 Å². The number of hydrogen-bond donors (Lipinski definition) is 0. The lowest BCUT2D eigenvalue weighted by Gasteiger charge is -2.22. The quantitative estimate of drug-likeness (QED) is 0.825. The molecule has 3 rings (SSSR count). The minimum atomic E-state index is -0.275. The molecular weight excluding hydrogens is 297 g/mol. The molecule has 2 aliphatic rings. The largest absolute Gasteiger partial charge is 0.348 e. The summed E-state index contributed by atoms with van der Waals surface area (Å²) in [5.41, 5.74) is 0.818. The van der Waals surface area contributed by atoms with Gasteiger partial charge in [0.1, 0.15) is 5.82 Å². The van der Waals surface area contributed by atoms with E-state index >= 15 is 0 Å². The fourth-order valence-corrected chi connectivity index (χ4v) is 3.49. The highest BCUT2D eigenvalue weighted by molar-refractivity contribution is 5.82. The van der Waals surface area contributed by atoms with Crippen LogP contribution in [0.15, 0.2) is 24.3 Å². The Hall–Kier alpha value is -1.95. The highest BCUT2D eigenvalue weighted by atomic mass is 19.1. The second-order valence-corrected chi connectivity index (χ2v) is 6.70. The lowest BCUT2D eigenvalue weighted by Crippen LogP contribution is -2.38. The van der Waals surface area contributed by atoms with Crippen LogP contribution in [-0.4, -0.2) is 66.8 Å². The molecule has 0 bridgehead atoms. The van der Waals surface area contributed by atoms with Crippen LogP contribution in [0, 0.1) is 17.7 Å². The molecule has 124 valence electrons. The third-order valence-electron chi connectivity index (χ3n) is 4.72. The second kappa shape index (κ2) is 6.28. The molecule has 0 saturated carbocycles. The highest BCUT2D eigenvalue weighted by Crippen LogP contribution is 2.33. The van der Waals surface area contributed by atoms with Gasteiger partial charge in [0.05, 0.1) is 12.5 Å². The number of rotatable bonds is 4. The number of carbonyl (C=O) groups excluding carboxylic acids is 2. The molecule has 0 radical (unpaired) electrons. The van der Waals surface area contributed by atoms with Gasteiger partial charge in [0.2, 0.25) is 11.8 Å². The summed E-state index contributed by atoms with van der Waals surface area (Å²) in [7, 11) is 3.48. The first kappa shape index (κ1) is 15.9. The van der Waals surface area contributed by atoms with Gasteiger partial charge in [-0.1, -0.05) is 12.1 Å². The van der Waals surface area contributed by atoms with Crippen LogP contribution < -0.4 is 0 Å². The van der Waals surface area contributed by atoms with Crippen LogP contribution in [0.25, 0.3) is 0 Å². The minimum Gasteiger partial charge on any atom is -0.348 e. The molecule has 2 fully saturated rings. The Kier molecular flexibility index (Phi) is 4.35. The number of halogens is 1. The highest BCUT2D eigenvalue weighted by Gasteiger charge is 2.46. The van der Waals surface area contributed by atoms with Crippen molar-refractivity contribution < 1.29 is 14.0 Å². The summed E-state index contributed by atoms with van der Waals surface area (Å²) in [6, 6.07) is 6.39. The van der Waals surface area contributed by atoms with Gasteiger partial charge in [-0.15, -0.1) is 0 Å². The van der Waals surface area contributed by atoms with Crippen molar-refractivity contribution >= 4 is 11.8 Å². The maximum absolute atomic E-state index is 13.3. The number of likely N-dealkylation sites (N-methyl/N-ethyl adjacent to an activating group) is 1. The third-order valence-corrected chi connectivity index (χ3v) is 4.72. The standard InChI is InChI=1S/C17H22FN3O2/c1-19(2)16(22)11-20-8-13-9-21(17(23)15(13)10-20)7-12-4-3-5-14(18)6-12/h3-6,13,15H,7-11H2,1-2H3/t13-,15-/m1/s1. The number of fused-ring (bicyclic) bond motifs is 1. The van der Waals surface area contributed by atoms with Crippen molar-refractivity contribution in [2.24, 2.45) is 11.8 Å². The summed E-state index contributed by atoms with van der Waals surface area (Å²) in [4.78, 5) is 29.8. The van der Waals surface area contributed by atoms with Gasteiger partial charge in [-0.3, -0.25) is 14.5 Å². The van der Waals surface area contributed by atoms with E-state index in [9.17, 15) is 14.0 Å². The van der Waals surface area contributed by atoms with E-state index in [1.165, 1.54) is 12.1 Å². The first-order valence-corrected chi connectivity index (χ1v) is 7.90. The Balaban J connectivity index is 1.58. The molecule has 0 N–H and O–H groups in total. The van der Waals surface area contributed by atoms with E-state index in [-0.39, 0.29) is 29.5 Å². The monoisotopic (exact) mass is 319 g/mol. The molecule has 0 aliphatic carbocycles. The third kappa shape index (κ3) is 3.37. The normalized spacial score (nSPS) is 24.1. The molecule has 23 heavy (non-hydrogen) atoms. The average molecular weight is 319 g/mol. The first-order valence-electron chi connectivity index (χ1n) is 7.90. The molecule has 0 aromatic heterocycles. The molecule has 2 aliphatic heterocycles. The van der Waals surface area contributed by atoms with Gasteiger partial charge in [0, 0.05) is 46.2 Å². The van der Waals surface area contributed by atoms with E-state index in [0.717, 1.165) is 12.1 Å². The summed E-state index contributed by atoms with van der Waals surface area (Å²) in [6.07, 6.45) is 0. The van der Waals surface area contributed by atoms with Crippen LogP contribution in [0.5, 0.6) is 0 Å². The summed E-state index contributed by atoms with van der Waals surface area (Å²) < 4.78 is 13.3. The Labute approximate surface area is 135 Å². The van der Waals surface area contributed by atoms with Crippen molar-refractivity contribution in [1.29, 1.82) is 0 Å². The van der Waals surface area contributed by atoms with Gasteiger partial charge in [0.15, 0.2) is 0 Å². The van der Waals surface area contributed by atoms with Gasteiger partial charge in [-0.2, -0.15) is 0 Å². The average Bonchev–Trinajstić information content (AvgIpc) is 2.99. The predicted octanol–water partition coefficient (Wildman–Crippen LogP) is 0.804. The zero-order valence-corrected chi connectivity index (χ0v) is 13.5. The van der Waals surface area contributed by atoms with E-state index in [1.807, 2.05) is 11.0 Å². The van der Waals surface area contributed by atoms with Crippen LogP contribution in [0.4, 0.5) is 4.39 Å². The molecule has 6 heteroatoms. The molecule has 2 atom stereocenters. The van der Waals surface area contributed by atoms with Crippen LogP contribution in [-0.2, 0) is 16.1 Å². The Morgan fingerprint density at radius 2 is 2.09 bits per heavy atom. The number of benzene rings is 1. The van der Waals surface area contributed by atoms with Gasteiger partial charge >= 0.3 is 0 Å². The predicted molar refractivity (Wildman–Crippen MR) is 83.9 cm³/mol. The van der Waals surface area contributed by atoms with Crippen LogP contribution in [0.2, 0.25) is 0 Å². The van der Waals surface area contributed by atoms with Gasteiger partial charge in [-0.25, -0.2) is 4.39 Å². The van der Waals surface area contributed by atoms with Gasteiger partial charge < -0.3 is 9.80 Å². The molecule has 2 amide bonds. The van der Waals surface area contributed by atoms with E-state index in [4.69, 9.17) is 0 Å². The van der Waals surface area contributed by atoms with Crippen molar-refractivity contribution in [3.63, 3.8) is 0 Å². The number of hydrogen-bond acceptors (Lipinski definition) is 3. The van der Waals surface area contributed by atoms with Crippen molar-refractivity contribution in [2.75, 3.05) is 40.3 Å². The number of nitrogens with zero attached hydrogens (tertiary/aromatic N) is 3. The lowest BCUT2D eigenvalue weighted by atomic mass is 10.0. The molecule has 1 aromatic rings. The fraction of sp³-hybridized carbons (Fsp3) is 0.529. The van der Waals surface area contributed by atoms with Crippen LogP contribution >= 0.6 is 0 Å². The number of amides is 2. The lowest BCUT2D eigenvalue weighted by molar-refractivity contribution is -0.133. The summed E-state index contributed by atoms with van der Waals surface area (Å²) >= 11 is 0. The number of likely N-dealkylation sites (tertiary alicyclic amines) is 2. The molecule has 5 nitrogen and oxygen atoms in total. The zero-order valence-electron chi connectivity index (χ0n) is 13.5. The van der Waals surface area contributed by atoms with E-state index in [0.29, 0.717) is 26.2 Å². The Morgan fingerprint density at radius 1 is 1.30 bits per heavy atom. The topological polar surface area (TPSA) is 43.9 Å². The Bertz CT molecular complexity index is 620. The van der Waals surface area contributed by atoms with E-state index in [2.05, 4.69) is 4.90 Å². The first-order chi connectivity index (χ1) is 10.9. The molecule has 2 saturated heterocycles. The molecule has 2 heterocycles. The summed E-state index contributed by atoms with van der Waals surface area (Å²) in [5.74, 6) is 0.153. The minimum absolute atomic E-state index is 0.0291. The maximum atomic E-state index is 13.3. The number of carbonyl (C=O) groups is 2. The smallest absolute Gasteiger partial charge is 0.236 e. The van der Waals surface area contributed by atoms with Gasteiger partial charge in [-0.05, 0) is 17.7 Å². The SMILES string of the molecule is CN(C)C(=O)CN1C[C@@H]2CN(Cc3cccc(F)c3)C(=O)[C@@H]2C1. The maximum Gasteiger partial charge on any atom is 0.236 e. The van der Waals surface area contributed by atoms with Crippen LogP contribution in [0.1, 0.15) is 5.56 Å². The Morgan fingerprint density at radius 3 is 2.74 bits per heavy atom. The summed E-state index contributed by atoms with van der Waals surface area (Å²) in [5, 5.41) is 0. The van der Waals surface area contributed by atoms with Gasteiger partial charge in [0.25, 0.3) is 0 Å². The van der Waals surface area contributed by atoms with Crippen molar-refractivity contribution in [1.82, 2.24) is 14.7 Å². The molecular formula is C17H22FN3O2. The molecule has 1 aromatic carbocycles. The van der Waals surface area contributed by atoms with Crippen molar-refractivity contribution in [2.45, 2.75) is 6.54 Å². The van der Waals surface area contributed by atoms with E-state index in [1.54, 1.807) is 25.1 Å². The fourth-order valence-electron chi connectivity index (χ4n) is 3.49. The van der Waals surface area contributed by atoms with Crippen molar-refractivity contribution in [3.05, 3.63) is 35.6 Å². The molecule has 0 spiro atoms. The van der Waals surface area contributed by atoms with Crippen LogP contribution in [0.3, 0.4) is 0 Å². The zero-order chi connectivity index (χ0) is 16.6. The summed E-state index contributed by atoms with van der Waals surface area (Å²) in [6.45, 7) is 2.93.